The Balaban J connectivity index is 1.80. The number of H-pyrrole nitrogens is 1. The Kier molecular flexibility index (Phi) is 3.32. The number of carbonyl (C=O) groups is 1. The highest BCUT2D eigenvalue weighted by molar-refractivity contribution is 7.13. The molecule has 2 nitrogen and oxygen atoms in total. The highest BCUT2D eigenvalue weighted by atomic mass is 32.1. The van der Waals surface area contributed by atoms with Crippen LogP contribution in [-0.4, -0.2) is 10.8 Å². The minimum Gasteiger partial charge on any atom is -0.347 e. The van der Waals surface area contributed by atoms with Crippen LogP contribution in [0.15, 0.2) is 47.2 Å². The maximum absolute atomic E-state index is 11.7. The average Bonchev–Trinajstić information content (AvgIpc) is 3.14. The quantitative estimate of drug-likeness (QED) is 0.559. The molecule has 0 saturated carbocycles. The van der Waals surface area contributed by atoms with Gasteiger partial charge >= 0.3 is 0 Å². The Morgan fingerprint density at radius 2 is 1.89 bits per heavy atom. The third kappa shape index (κ3) is 2.68. The molecule has 19 heavy (non-hydrogen) atoms. The molecule has 0 aliphatic heterocycles. The second-order valence-electron chi connectivity index (χ2n) is 3.82. The zero-order valence-electron chi connectivity index (χ0n) is 9.84. The largest absolute Gasteiger partial charge is 0.347 e. The Bertz CT molecular complexity index is 740. The van der Waals surface area contributed by atoms with Gasteiger partial charge in [-0.2, -0.15) is 0 Å². The number of thiophene rings is 2. The molecule has 0 fully saturated rings. The fourth-order valence-corrected chi connectivity index (χ4v) is 2.96. The number of rotatable bonds is 2. The molecule has 0 aliphatic carbocycles. The molecule has 3 aromatic heterocycles. The van der Waals surface area contributed by atoms with E-state index in [2.05, 4.69) is 16.8 Å². The van der Waals surface area contributed by atoms with Gasteiger partial charge in [-0.15, -0.1) is 22.7 Å². The summed E-state index contributed by atoms with van der Waals surface area (Å²) in [7, 11) is 0. The third-order valence-electron chi connectivity index (χ3n) is 2.53. The number of aromatic amines is 1. The Hall–Kier alpha value is -2.09. The summed E-state index contributed by atoms with van der Waals surface area (Å²) in [6, 6.07) is 11.6. The lowest BCUT2D eigenvalue weighted by molar-refractivity contribution is 0.106. The summed E-state index contributed by atoms with van der Waals surface area (Å²) < 4.78 is 0. The molecule has 0 spiro atoms. The Morgan fingerprint density at radius 1 is 1.05 bits per heavy atom. The second-order valence-corrected chi connectivity index (χ2v) is 5.71. The fourth-order valence-electron chi connectivity index (χ4n) is 1.64. The molecular formula is C15H9NOS2. The lowest BCUT2D eigenvalue weighted by Gasteiger charge is -1.89. The molecule has 92 valence electrons. The van der Waals surface area contributed by atoms with Gasteiger partial charge < -0.3 is 4.98 Å². The molecule has 4 heteroatoms. The number of hydrogen-bond donors (Lipinski definition) is 1. The van der Waals surface area contributed by atoms with Gasteiger partial charge in [0, 0.05) is 0 Å². The van der Waals surface area contributed by atoms with Crippen LogP contribution < -0.4 is 0 Å². The predicted octanol–water partition coefficient (Wildman–Crippen LogP) is 4.04. The molecule has 0 amide bonds. The molecule has 0 aromatic carbocycles. The van der Waals surface area contributed by atoms with Crippen molar-refractivity contribution in [3.8, 4) is 22.4 Å². The van der Waals surface area contributed by atoms with E-state index in [9.17, 15) is 4.79 Å². The molecule has 0 bridgehead atoms. The number of carbonyl (C=O) groups excluding carboxylic acids is 1. The van der Waals surface area contributed by atoms with Crippen LogP contribution in [0.1, 0.15) is 15.4 Å². The van der Waals surface area contributed by atoms with Crippen LogP contribution in [0.5, 0.6) is 0 Å². The van der Waals surface area contributed by atoms with E-state index in [0.29, 0.717) is 4.88 Å². The molecule has 0 atom stereocenters. The normalized spacial score (nSPS) is 9.89. The second kappa shape index (κ2) is 5.27. The molecule has 0 unspecified atom stereocenters. The van der Waals surface area contributed by atoms with Crippen LogP contribution >= 0.6 is 22.7 Å². The van der Waals surface area contributed by atoms with Crippen molar-refractivity contribution in [2.45, 2.75) is 0 Å². The first-order chi connectivity index (χ1) is 9.33. The van der Waals surface area contributed by atoms with Crippen molar-refractivity contribution in [3.05, 3.63) is 57.7 Å². The topological polar surface area (TPSA) is 32.9 Å². The molecule has 3 heterocycles. The molecular weight excluding hydrogens is 274 g/mol. The SMILES string of the molecule is O=C(C#Cc1ccc(-c2cccs2)[nH]1)c1cccs1. The van der Waals surface area contributed by atoms with Crippen molar-refractivity contribution in [2.24, 2.45) is 0 Å². The van der Waals surface area contributed by atoms with Crippen LogP contribution in [0.2, 0.25) is 0 Å². The zero-order chi connectivity index (χ0) is 13.1. The van der Waals surface area contributed by atoms with E-state index in [0.717, 1.165) is 16.3 Å². The maximum Gasteiger partial charge on any atom is 0.246 e. The van der Waals surface area contributed by atoms with E-state index in [1.165, 1.54) is 11.3 Å². The van der Waals surface area contributed by atoms with Crippen molar-refractivity contribution in [1.29, 1.82) is 0 Å². The summed E-state index contributed by atoms with van der Waals surface area (Å²) in [5, 5.41) is 3.90. The maximum atomic E-state index is 11.7. The summed E-state index contributed by atoms with van der Waals surface area (Å²) in [4.78, 5) is 16.8. The van der Waals surface area contributed by atoms with Gasteiger partial charge in [-0.3, -0.25) is 4.79 Å². The summed E-state index contributed by atoms with van der Waals surface area (Å²) in [6.07, 6.45) is 0. The monoisotopic (exact) mass is 283 g/mol. The number of Topliss-reactive ketones (excluding diaryl/α,β-unsaturated/α-hetero) is 1. The molecule has 0 saturated heterocycles. The highest BCUT2D eigenvalue weighted by Gasteiger charge is 2.03. The minimum absolute atomic E-state index is 0.137. The number of nitrogens with one attached hydrogen (secondary N) is 1. The van der Waals surface area contributed by atoms with Crippen molar-refractivity contribution in [3.63, 3.8) is 0 Å². The Morgan fingerprint density at radius 3 is 2.63 bits per heavy atom. The van der Waals surface area contributed by atoms with Crippen LogP contribution in [0, 0.1) is 11.8 Å². The van der Waals surface area contributed by atoms with Gasteiger partial charge in [0.15, 0.2) is 0 Å². The number of aromatic nitrogens is 1. The third-order valence-corrected chi connectivity index (χ3v) is 4.30. The molecule has 0 radical (unpaired) electrons. The van der Waals surface area contributed by atoms with E-state index in [1.807, 2.05) is 41.1 Å². The molecule has 1 N–H and O–H groups in total. The van der Waals surface area contributed by atoms with E-state index < -0.39 is 0 Å². The van der Waals surface area contributed by atoms with Gasteiger partial charge in [0.05, 0.1) is 21.1 Å². The summed E-state index contributed by atoms with van der Waals surface area (Å²) in [5.74, 6) is 5.39. The first-order valence-electron chi connectivity index (χ1n) is 5.66. The van der Waals surface area contributed by atoms with E-state index in [-0.39, 0.29) is 5.78 Å². The Labute approximate surface area is 118 Å². The lowest BCUT2D eigenvalue weighted by atomic mass is 10.3. The van der Waals surface area contributed by atoms with Crippen LogP contribution in [0.3, 0.4) is 0 Å². The molecule has 0 aliphatic rings. The lowest BCUT2D eigenvalue weighted by Crippen LogP contribution is -1.89. The van der Waals surface area contributed by atoms with Crippen LogP contribution in [-0.2, 0) is 0 Å². The summed E-state index contributed by atoms with van der Waals surface area (Å²) in [6.45, 7) is 0. The van der Waals surface area contributed by atoms with Crippen molar-refractivity contribution in [1.82, 2.24) is 4.98 Å². The van der Waals surface area contributed by atoms with E-state index in [4.69, 9.17) is 0 Å². The van der Waals surface area contributed by atoms with E-state index >= 15 is 0 Å². The van der Waals surface area contributed by atoms with Gasteiger partial charge in [0.2, 0.25) is 5.78 Å². The fraction of sp³-hybridized carbons (Fsp3) is 0. The smallest absolute Gasteiger partial charge is 0.246 e. The minimum atomic E-state index is -0.137. The highest BCUT2D eigenvalue weighted by Crippen LogP contribution is 2.23. The van der Waals surface area contributed by atoms with Gasteiger partial charge in [0.25, 0.3) is 0 Å². The van der Waals surface area contributed by atoms with Gasteiger partial charge in [-0.25, -0.2) is 0 Å². The standard InChI is InChI=1S/C15H9NOS2/c17-13(15-4-2-10-19-15)8-6-11-5-7-12(16-11)14-3-1-9-18-14/h1-5,7,9-10,16H. The number of ketones is 1. The zero-order valence-corrected chi connectivity index (χ0v) is 11.5. The average molecular weight is 283 g/mol. The van der Waals surface area contributed by atoms with Crippen molar-refractivity contribution >= 4 is 28.5 Å². The van der Waals surface area contributed by atoms with Gasteiger partial charge in [-0.05, 0) is 46.9 Å². The van der Waals surface area contributed by atoms with E-state index in [1.54, 1.807) is 17.4 Å². The number of hydrogen-bond acceptors (Lipinski definition) is 3. The van der Waals surface area contributed by atoms with Crippen molar-refractivity contribution in [2.75, 3.05) is 0 Å². The van der Waals surface area contributed by atoms with Crippen LogP contribution in [0.4, 0.5) is 0 Å². The molecule has 3 rings (SSSR count). The first-order valence-corrected chi connectivity index (χ1v) is 7.41. The van der Waals surface area contributed by atoms with Gasteiger partial charge in [0.1, 0.15) is 0 Å². The van der Waals surface area contributed by atoms with Gasteiger partial charge in [-0.1, -0.05) is 12.1 Å². The summed E-state index contributed by atoms with van der Waals surface area (Å²) in [5.41, 5.74) is 1.79. The first kappa shape index (κ1) is 12.0. The van der Waals surface area contributed by atoms with Crippen LogP contribution in [0.25, 0.3) is 10.6 Å². The van der Waals surface area contributed by atoms with Crippen molar-refractivity contribution < 1.29 is 4.79 Å². The predicted molar refractivity (Wildman–Crippen MR) is 79.6 cm³/mol. The molecule has 3 aromatic rings. The summed E-state index contributed by atoms with van der Waals surface area (Å²) >= 11 is 3.08.